The fraction of sp³-hybridized carbons (Fsp3) is 0.840. The van der Waals surface area contributed by atoms with E-state index in [2.05, 4.69) is 6.92 Å². The highest BCUT2D eigenvalue weighted by molar-refractivity contribution is 5.93. The van der Waals surface area contributed by atoms with Crippen LogP contribution in [0.5, 0.6) is 0 Å². The number of aliphatic hydroxyl groups is 1. The second kappa shape index (κ2) is 7.93. The van der Waals surface area contributed by atoms with Crippen LogP contribution < -0.4 is 0 Å². The summed E-state index contributed by atoms with van der Waals surface area (Å²) in [6.45, 7) is 6.34. The van der Waals surface area contributed by atoms with Gasteiger partial charge in [-0.15, -0.1) is 0 Å². The van der Waals surface area contributed by atoms with Crippen molar-refractivity contribution in [2.75, 3.05) is 6.61 Å². The van der Waals surface area contributed by atoms with Crippen molar-refractivity contribution in [2.24, 2.45) is 34.5 Å². The first kappa shape index (κ1) is 23.4. The molecule has 178 valence electrons. The smallest absolute Gasteiger partial charge is 0.303 e. The van der Waals surface area contributed by atoms with Gasteiger partial charge >= 0.3 is 11.9 Å². The lowest BCUT2D eigenvalue weighted by molar-refractivity contribution is -0.183. The van der Waals surface area contributed by atoms with E-state index in [0.29, 0.717) is 18.8 Å². The van der Waals surface area contributed by atoms with E-state index in [1.54, 1.807) is 0 Å². The Labute approximate surface area is 189 Å². The van der Waals surface area contributed by atoms with Gasteiger partial charge in [0.15, 0.2) is 6.61 Å². The van der Waals surface area contributed by atoms with Gasteiger partial charge in [0.1, 0.15) is 17.5 Å². The molecular formula is C25H36O7. The maximum absolute atomic E-state index is 13.7. The van der Waals surface area contributed by atoms with Crippen molar-refractivity contribution in [3.8, 4) is 0 Å². The van der Waals surface area contributed by atoms with Crippen molar-refractivity contribution in [2.45, 2.75) is 90.8 Å². The van der Waals surface area contributed by atoms with Crippen LogP contribution in [0.3, 0.4) is 0 Å². The first-order chi connectivity index (χ1) is 14.9. The van der Waals surface area contributed by atoms with Crippen LogP contribution >= 0.6 is 0 Å². The minimum absolute atomic E-state index is 0.0680. The van der Waals surface area contributed by atoms with Crippen molar-refractivity contribution in [1.29, 1.82) is 0 Å². The average molecular weight is 449 g/mol. The van der Waals surface area contributed by atoms with Gasteiger partial charge in [0.05, 0.1) is 0 Å². The highest BCUT2D eigenvalue weighted by Gasteiger charge is 2.69. The van der Waals surface area contributed by atoms with Crippen molar-refractivity contribution >= 4 is 23.5 Å². The lowest BCUT2D eigenvalue weighted by Crippen LogP contribution is -2.62. The van der Waals surface area contributed by atoms with Crippen molar-refractivity contribution in [1.82, 2.24) is 0 Å². The molecule has 0 aromatic rings. The number of hydrogen-bond acceptors (Lipinski definition) is 7. The molecule has 4 fully saturated rings. The number of carbonyl (C=O) groups is 4. The Hall–Kier alpha value is -1.76. The van der Waals surface area contributed by atoms with E-state index in [1.807, 2.05) is 6.92 Å². The molecule has 0 bridgehead atoms. The first-order valence-electron chi connectivity index (χ1n) is 12.0. The van der Waals surface area contributed by atoms with Gasteiger partial charge in [-0.05, 0) is 68.1 Å². The quantitative estimate of drug-likeness (QED) is 0.659. The zero-order valence-electron chi connectivity index (χ0n) is 19.6. The Morgan fingerprint density at radius 1 is 1.03 bits per heavy atom. The minimum Gasteiger partial charge on any atom is -0.463 e. The molecule has 0 aromatic heterocycles. The van der Waals surface area contributed by atoms with E-state index >= 15 is 0 Å². The summed E-state index contributed by atoms with van der Waals surface area (Å²) < 4.78 is 10.4. The molecule has 7 nitrogen and oxygen atoms in total. The molecule has 32 heavy (non-hydrogen) atoms. The Kier molecular flexibility index (Phi) is 5.80. The van der Waals surface area contributed by atoms with Crippen LogP contribution in [0.4, 0.5) is 0 Å². The highest BCUT2D eigenvalue weighted by Crippen LogP contribution is 2.67. The Bertz CT molecular complexity index is 836. The molecule has 0 unspecified atom stereocenters. The summed E-state index contributed by atoms with van der Waals surface area (Å²) in [7, 11) is 0. The average Bonchev–Trinajstić information content (AvgIpc) is 2.97. The monoisotopic (exact) mass is 448 g/mol. The van der Waals surface area contributed by atoms with Crippen LogP contribution in [0, 0.1) is 34.5 Å². The molecule has 0 aliphatic heterocycles. The predicted octanol–water partition coefficient (Wildman–Crippen LogP) is 3.00. The minimum atomic E-state index is -1.64. The van der Waals surface area contributed by atoms with Crippen LogP contribution in [0.2, 0.25) is 0 Å². The van der Waals surface area contributed by atoms with Crippen LogP contribution in [0.15, 0.2) is 0 Å². The van der Waals surface area contributed by atoms with Crippen molar-refractivity contribution in [3.05, 3.63) is 0 Å². The molecule has 8 atom stereocenters. The van der Waals surface area contributed by atoms with Gasteiger partial charge in [-0.1, -0.05) is 13.8 Å². The predicted molar refractivity (Wildman–Crippen MR) is 114 cm³/mol. The summed E-state index contributed by atoms with van der Waals surface area (Å²) in [4.78, 5) is 49.2. The number of ketones is 2. The second-order valence-electron chi connectivity index (χ2n) is 11.2. The summed E-state index contributed by atoms with van der Waals surface area (Å²) in [6, 6.07) is 0. The third-order valence-electron chi connectivity index (χ3n) is 9.66. The third-order valence-corrected chi connectivity index (χ3v) is 9.66. The molecule has 0 spiro atoms. The molecule has 4 rings (SSSR count). The summed E-state index contributed by atoms with van der Waals surface area (Å²) in [6.07, 6.45) is 5.39. The van der Waals surface area contributed by atoms with Gasteiger partial charge in [0.25, 0.3) is 0 Å². The molecule has 0 radical (unpaired) electrons. The number of fused-ring (bicyclic) bond motifs is 5. The van der Waals surface area contributed by atoms with Gasteiger partial charge in [-0.3, -0.25) is 19.2 Å². The molecule has 0 aromatic carbocycles. The molecule has 7 heteroatoms. The Morgan fingerprint density at radius 3 is 2.41 bits per heavy atom. The molecule has 0 heterocycles. The topological polar surface area (TPSA) is 107 Å². The summed E-state index contributed by atoms with van der Waals surface area (Å²) in [5.41, 5.74) is -2.61. The molecular weight excluding hydrogens is 412 g/mol. The van der Waals surface area contributed by atoms with E-state index in [1.165, 1.54) is 13.8 Å². The lowest BCUT2D eigenvalue weighted by atomic mass is 9.44. The zero-order valence-corrected chi connectivity index (χ0v) is 19.6. The number of Topliss-reactive ketones (excluding diaryl/α,β-unsaturated/α-hetero) is 2. The highest BCUT2D eigenvalue weighted by atomic mass is 16.5. The summed E-state index contributed by atoms with van der Waals surface area (Å²) in [5, 5.41) is 11.5. The van der Waals surface area contributed by atoms with E-state index in [0.717, 1.165) is 32.1 Å². The van der Waals surface area contributed by atoms with Gasteiger partial charge in [-0.25, -0.2) is 0 Å². The third kappa shape index (κ3) is 3.42. The number of esters is 2. The maximum Gasteiger partial charge on any atom is 0.303 e. The van der Waals surface area contributed by atoms with Crippen LogP contribution in [-0.2, 0) is 28.7 Å². The van der Waals surface area contributed by atoms with Gasteiger partial charge in [0.2, 0.25) is 5.78 Å². The SMILES string of the molecule is CC(=O)OCC(=O)[C@]1(O)CC[C@@H]2[C@@H]3CC[C@@H]4C[C@H](OC(C)=O)CC[C@]4(C)[C@H]3C(=O)C[C@]21C. The number of hydrogen-bond donors (Lipinski definition) is 1. The summed E-state index contributed by atoms with van der Waals surface area (Å²) in [5.74, 6) is -0.677. The zero-order chi connectivity index (χ0) is 23.5. The van der Waals surface area contributed by atoms with E-state index in [4.69, 9.17) is 9.47 Å². The van der Waals surface area contributed by atoms with Gasteiger partial charge in [-0.2, -0.15) is 0 Å². The first-order valence-corrected chi connectivity index (χ1v) is 12.0. The van der Waals surface area contributed by atoms with E-state index in [-0.39, 0.29) is 47.4 Å². The van der Waals surface area contributed by atoms with E-state index < -0.39 is 29.4 Å². The van der Waals surface area contributed by atoms with Gasteiger partial charge < -0.3 is 14.6 Å². The number of carbonyl (C=O) groups excluding carboxylic acids is 4. The van der Waals surface area contributed by atoms with Crippen LogP contribution in [0.25, 0.3) is 0 Å². The standard InChI is InChI=1S/C25H36O7/c1-14(26)31-13-21(29)25(30)10-8-19-18-6-5-16-11-17(32-15(2)27)7-9-23(16,3)22(18)20(28)12-24(19,25)4/h16-19,22,30H,5-13H2,1-4H3/t16-,17-,18+,19-,22-,23+,24-,25-/m1/s1. The molecule has 4 aliphatic carbocycles. The Morgan fingerprint density at radius 2 is 1.75 bits per heavy atom. The molecule has 4 aliphatic rings. The van der Waals surface area contributed by atoms with Crippen molar-refractivity contribution < 1.29 is 33.8 Å². The van der Waals surface area contributed by atoms with E-state index in [9.17, 15) is 24.3 Å². The Balaban J connectivity index is 1.57. The van der Waals surface area contributed by atoms with Crippen LogP contribution in [-0.4, -0.2) is 46.9 Å². The normalized spacial score (nSPS) is 45.3. The molecule has 0 amide bonds. The fourth-order valence-corrected chi connectivity index (χ4v) is 8.12. The lowest BCUT2D eigenvalue weighted by Gasteiger charge is -2.60. The molecule has 1 N–H and O–H groups in total. The van der Waals surface area contributed by atoms with Gasteiger partial charge in [0, 0.05) is 31.6 Å². The number of rotatable bonds is 4. The largest absolute Gasteiger partial charge is 0.463 e. The molecule has 4 saturated carbocycles. The van der Waals surface area contributed by atoms with Crippen molar-refractivity contribution in [3.63, 3.8) is 0 Å². The second-order valence-corrected chi connectivity index (χ2v) is 11.2. The maximum atomic E-state index is 13.7. The summed E-state index contributed by atoms with van der Waals surface area (Å²) >= 11 is 0. The molecule has 0 saturated heterocycles. The number of ether oxygens (including phenoxy) is 2. The fourth-order valence-electron chi connectivity index (χ4n) is 8.12. The van der Waals surface area contributed by atoms with Crippen LogP contribution in [0.1, 0.15) is 79.1 Å².